The predicted octanol–water partition coefficient (Wildman–Crippen LogP) is 4.45. The van der Waals surface area contributed by atoms with E-state index in [2.05, 4.69) is 0 Å². The van der Waals surface area contributed by atoms with Crippen molar-refractivity contribution in [1.82, 2.24) is 4.90 Å². The largest absolute Gasteiger partial charge is 0.325 e. The molecule has 124 valence electrons. The summed E-state index contributed by atoms with van der Waals surface area (Å²) >= 11 is 6.42. The van der Waals surface area contributed by atoms with Crippen molar-refractivity contribution < 1.29 is 9.59 Å². The lowest BCUT2D eigenvalue weighted by Gasteiger charge is -2.44. The number of hydrogen-bond donors (Lipinski definition) is 0. The monoisotopic (exact) mass is 341 g/mol. The van der Waals surface area contributed by atoms with Gasteiger partial charge in [-0.25, -0.2) is 0 Å². The Hall–Kier alpha value is -2.13. The van der Waals surface area contributed by atoms with Gasteiger partial charge in [0.05, 0.1) is 0 Å². The Morgan fingerprint density at radius 1 is 1.04 bits per heavy atom. The molecule has 1 amide bonds. The normalized spacial score (nSPS) is 20.7. The summed E-state index contributed by atoms with van der Waals surface area (Å²) in [4.78, 5) is 27.6. The van der Waals surface area contributed by atoms with Gasteiger partial charge in [0.1, 0.15) is 5.54 Å². The van der Waals surface area contributed by atoms with Crippen LogP contribution in [0.15, 0.2) is 54.6 Å². The molecule has 0 saturated heterocycles. The molecule has 4 heteroatoms. The molecule has 1 aliphatic rings. The van der Waals surface area contributed by atoms with Crippen molar-refractivity contribution >= 4 is 23.3 Å². The van der Waals surface area contributed by atoms with E-state index in [1.165, 1.54) is 0 Å². The van der Waals surface area contributed by atoms with Crippen molar-refractivity contribution in [2.24, 2.45) is 0 Å². The van der Waals surface area contributed by atoms with E-state index in [0.717, 1.165) is 18.4 Å². The van der Waals surface area contributed by atoms with Crippen LogP contribution in [0.1, 0.15) is 41.6 Å². The highest BCUT2D eigenvalue weighted by molar-refractivity contribution is 6.31. The van der Waals surface area contributed by atoms with Gasteiger partial charge in [-0.1, -0.05) is 48.0 Å². The van der Waals surface area contributed by atoms with Gasteiger partial charge < -0.3 is 4.90 Å². The molecule has 0 aromatic heterocycles. The topological polar surface area (TPSA) is 37.4 Å². The Labute approximate surface area is 147 Å². The van der Waals surface area contributed by atoms with Crippen LogP contribution in [-0.2, 0) is 10.3 Å². The predicted molar refractivity (Wildman–Crippen MR) is 95.1 cm³/mol. The second kappa shape index (κ2) is 6.78. The molecule has 2 aromatic rings. The third-order valence-electron chi connectivity index (χ3n) is 4.87. The van der Waals surface area contributed by atoms with Gasteiger partial charge in [0, 0.05) is 29.6 Å². The summed E-state index contributed by atoms with van der Waals surface area (Å²) < 4.78 is 0. The van der Waals surface area contributed by atoms with Gasteiger partial charge in [0.2, 0.25) is 0 Å². The van der Waals surface area contributed by atoms with Gasteiger partial charge in [-0.05, 0) is 37.5 Å². The molecular weight excluding hydrogens is 322 g/mol. The van der Waals surface area contributed by atoms with E-state index in [0.29, 0.717) is 23.4 Å². The summed E-state index contributed by atoms with van der Waals surface area (Å²) in [5.41, 5.74) is 0.316. The van der Waals surface area contributed by atoms with Gasteiger partial charge in [-0.3, -0.25) is 9.59 Å². The maximum absolute atomic E-state index is 13.0. The van der Waals surface area contributed by atoms with Crippen LogP contribution in [0.3, 0.4) is 0 Å². The molecule has 0 radical (unpaired) electrons. The number of carbonyl (C=O) groups is 2. The molecule has 3 rings (SSSR count). The Morgan fingerprint density at radius 2 is 1.71 bits per heavy atom. The number of amides is 1. The summed E-state index contributed by atoms with van der Waals surface area (Å²) in [5.74, 6) is -0.0978. The lowest BCUT2D eigenvalue weighted by molar-refractivity contribution is -0.132. The molecule has 0 N–H and O–H groups in total. The highest BCUT2D eigenvalue weighted by Gasteiger charge is 2.47. The first-order chi connectivity index (χ1) is 11.6. The first-order valence-corrected chi connectivity index (χ1v) is 8.56. The SMILES string of the molecule is CN(C(=O)c1ccccc1)C1(c2ccccc2Cl)CCCCC1=O. The molecule has 1 saturated carbocycles. The zero-order valence-electron chi connectivity index (χ0n) is 13.7. The zero-order chi connectivity index (χ0) is 17.2. The second-order valence-corrected chi connectivity index (χ2v) is 6.61. The minimum atomic E-state index is -0.983. The number of hydrogen-bond acceptors (Lipinski definition) is 2. The van der Waals surface area contributed by atoms with E-state index >= 15 is 0 Å². The fraction of sp³-hybridized carbons (Fsp3) is 0.300. The van der Waals surface area contributed by atoms with Crippen molar-refractivity contribution in [1.29, 1.82) is 0 Å². The molecule has 0 aliphatic heterocycles. The number of carbonyl (C=O) groups excluding carboxylic acids is 2. The second-order valence-electron chi connectivity index (χ2n) is 6.20. The van der Waals surface area contributed by atoms with Crippen LogP contribution < -0.4 is 0 Å². The minimum Gasteiger partial charge on any atom is -0.325 e. The number of Topliss-reactive ketones (excluding diaryl/α,β-unsaturated/α-hetero) is 1. The van der Waals surface area contributed by atoms with E-state index in [9.17, 15) is 9.59 Å². The zero-order valence-corrected chi connectivity index (χ0v) is 14.4. The molecule has 1 fully saturated rings. The summed E-state index contributed by atoms with van der Waals surface area (Å²) in [6.07, 6.45) is 2.82. The molecule has 0 bridgehead atoms. The van der Waals surface area contributed by atoms with Gasteiger partial charge >= 0.3 is 0 Å². The van der Waals surface area contributed by atoms with Gasteiger partial charge in [-0.15, -0.1) is 0 Å². The van der Waals surface area contributed by atoms with Crippen LogP contribution >= 0.6 is 11.6 Å². The van der Waals surface area contributed by atoms with E-state index in [-0.39, 0.29) is 11.7 Å². The highest BCUT2D eigenvalue weighted by atomic mass is 35.5. The van der Waals surface area contributed by atoms with Crippen LogP contribution in [0.4, 0.5) is 0 Å². The van der Waals surface area contributed by atoms with Gasteiger partial charge in [0.25, 0.3) is 5.91 Å². The third-order valence-corrected chi connectivity index (χ3v) is 5.20. The Kier molecular flexibility index (Phi) is 4.72. The average Bonchev–Trinajstić information content (AvgIpc) is 2.62. The number of halogens is 1. The Balaban J connectivity index is 2.10. The minimum absolute atomic E-state index is 0.0635. The number of benzene rings is 2. The molecule has 2 aromatic carbocycles. The quantitative estimate of drug-likeness (QED) is 0.827. The van der Waals surface area contributed by atoms with E-state index in [4.69, 9.17) is 11.6 Å². The van der Waals surface area contributed by atoms with E-state index < -0.39 is 5.54 Å². The molecule has 0 heterocycles. The molecule has 3 nitrogen and oxygen atoms in total. The standard InChI is InChI=1S/C20H20ClNO2/c1-22(19(24)15-9-3-2-4-10-15)20(14-8-7-13-18(20)23)16-11-5-6-12-17(16)21/h2-6,9-12H,7-8,13-14H2,1H3. The smallest absolute Gasteiger partial charge is 0.254 e. The van der Waals surface area contributed by atoms with E-state index in [1.807, 2.05) is 36.4 Å². The van der Waals surface area contributed by atoms with E-state index in [1.54, 1.807) is 30.1 Å². The van der Waals surface area contributed by atoms with Gasteiger partial charge in [0.15, 0.2) is 5.78 Å². The molecule has 1 atom stereocenters. The third kappa shape index (κ3) is 2.73. The maximum atomic E-state index is 13.0. The lowest BCUT2D eigenvalue weighted by atomic mass is 9.74. The molecular formula is C20H20ClNO2. The number of ketones is 1. The summed E-state index contributed by atoms with van der Waals surface area (Å²) in [6.45, 7) is 0. The highest BCUT2D eigenvalue weighted by Crippen LogP contribution is 2.42. The van der Waals surface area contributed by atoms with Crippen molar-refractivity contribution in [2.75, 3.05) is 7.05 Å². The lowest BCUT2D eigenvalue weighted by Crippen LogP contribution is -2.54. The van der Waals surface area contributed by atoms with Crippen molar-refractivity contribution in [3.05, 3.63) is 70.7 Å². The number of nitrogens with zero attached hydrogens (tertiary/aromatic N) is 1. The van der Waals surface area contributed by atoms with Gasteiger partial charge in [-0.2, -0.15) is 0 Å². The number of rotatable bonds is 3. The van der Waals surface area contributed by atoms with Crippen LogP contribution in [-0.4, -0.2) is 23.6 Å². The van der Waals surface area contributed by atoms with Crippen molar-refractivity contribution in [3.63, 3.8) is 0 Å². The summed E-state index contributed by atoms with van der Waals surface area (Å²) in [5, 5.41) is 0.528. The summed E-state index contributed by atoms with van der Waals surface area (Å²) in [6, 6.07) is 16.4. The average molecular weight is 342 g/mol. The molecule has 0 spiro atoms. The fourth-order valence-electron chi connectivity index (χ4n) is 3.58. The van der Waals surface area contributed by atoms with Crippen LogP contribution in [0.2, 0.25) is 5.02 Å². The Bertz CT molecular complexity index is 759. The summed E-state index contributed by atoms with van der Waals surface area (Å²) in [7, 11) is 1.71. The maximum Gasteiger partial charge on any atom is 0.254 e. The molecule has 1 aliphatic carbocycles. The Morgan fingerprint density at radius 3 is 2.38 bits per heavy atom. The molecule has 24 heavy (non-hydrogen) atoms. The van der Waals surface area contributed by atoms with Crippen LogP contribution in [0.25, 0.3) is 0 Å². The first kappa shape index (κ1) is 16.7. The van der Waals surface area contributed by atoms with Crippen LogP contribution in [0, 0.1) is 0 Å². The van der Waals surface area contributed by atoms with Crippen molar-refractivity contribution in [3.8, 4) is 0 Å². The van der Waals surface area contributed by atoms with Crippen LogP contribution in [0.5, 0.6) is 0 Å². The molecule has 1 unspecified atom stereocenters. The fourth-order valence-corrected chi connectivity index (χ4v) is 3.87. The first-order valence-electron chi connectivity index (χ1n) is 8.19. The number of likely N-dealkylation sites (N-methyl/N-ethyl adjacent to an activating group) is 1. The van der Waals surface area contributed by atoms with Crippen molar-refractivity contribution in [2.45, 2.75) is 31.2 Å².